The van der Waals surface area contributed by atoms with Crippen LogP contribution in [0.3, 0.4) is 0 Å². The standard InChI is InChI=1S/C3H2F7NO/c4-1(2(5,6)7)12-11-3(8,9)10/h1,11H. The Labute approximate surface area is 61.2 Å². The van der Waals surface area contributed by atoms with E-state index in [4.69, 9.17) is 0 Å². The summed E-state index contributed by atoms with van der Waals surface area (Å²) in [5.41, 5.74) is -0.0668. The van der Waals surface area contributed by atoms with Crippen LogP contribution in [0, 0.1) is 0 Å². The third-order valence-electron chi connectivity index (χ3n) is 0.535. The van der Waals surface area contributed by atoms with Crippen LogP contribution < -0.4 is 5.48 Å². The predicted molar refractivity (Wildman–Crippen MR) is 21.2 cm³/mol. The molecule has 0 aliphatic carbocycles. The number of alkyl halides is 7. The molecule has 1 N–H and O–H groups in total. The van der Waals surface area contributed by atoms with Gasteiger partial charge in [0.25, 0.3) is 0 Å². The molecule has 0 amide bonds. The van der Waals surface area contributed by atoms with Crippen LogP contribution >= 0.6 is 0 Å². The number of nitrogens with one attached hydrogen (secondary N) is 1. The number of rotatable bonds is 2. The van der Waals surface area contributed by atoms with E-state index in [0.29, 0.717) is 0 Å². The zero-order valence-electron chi connectivity index (χ0n) is 5.13. The molecule has 0 rings (SSSR count). The highest BCUT2D eigenvalue weighted by Crippen LogP contribution is 2.24. The van der Waals surface area contributed by atoms with Crippen molar-refractivity contribution in [3.63, 3.8) is 0 Å². The summed E-state index contributed by atoms with van der Waals surface area (Å²) in [4.78, 5) is 2.60. The van der Waals surface area contributed by atoms with E-state index in [1.807, 2.05) is 0 Å². The van der Waals surface area contributed by atoms with Gasteiger partial charge in [0.2, 0.25) is 0 Å². The maximum atomic E-state index is 11.5. The molecule has 9 heteroatoms. The highest BCUT2D eigenvalue weighted by atomic mass is 19.4. The molecule has 0 aromatic heterocycles. The van der Waals surface area contributed by atoms with Gasteiger partial charge in [-0.05, 0) is 0 Å². The molecule has 0 saturated heterocycles. The number of hydroxylamine groups is 1. The Kier molecular flexibility index (Phi) is 3.27. The van der Waals surface area contributed by atoms with Crippen molar-refractivity contribution in [2.24, 2.45) is 0 Å². The van der Waals surface area contributed by atoms with E-state index in [1.165, 1.54) is 0 Å². The summed E-state index contributed by atoms with van der Waals surface area (Å²) in [7, 11) is 0. The van der Waals surface area contributed by atoms with Crippen molar-refractivity contribution in [2.75, 3.05) is 0 Å². The van der Waals surface area contributed by atoms with Crippen molar-refractivity contribution in [1.82, 2.24) is 5.48 Å². The number of hydrogen-bond acceptors (Lipinski definition) is 2. The molecular weight excluding hydrogens is 199 g/mol. The smallest absolute Gasteiger partial charge is 0.247 e. The molecule has 0 aromatic carbocycles. The Morgan fingerprint density at radius 3 is 1.67 bits per heavy atom. The molecule has 0 bridgehead atoms. The van der Waals surface area contributed by atoms with E-state index < -0.39 is 18.8 Å². The summed E-state index contributed by atoms with van der Waals surface area (Å²) in [5, 5.41) is 0. The molecule has 0 fully saturated rings. The average molecular weight is 201 g/mol. The fourth-order valence-corrected chi connectivity index (χ4v) is 0.185. The van der Waals surface area contributed by atoms with E-state index in [9.17, 15) is 30.7 Å². The minimum atomic E-state index is -5.47. The molecule has 1 unspecified atom stereocenters. The average Bonchev–Trinajstić information content (AvgIpc) is 1.78. The molecule has 2 nitrogen and oxygen atoms in total. The first-order valence-electron chi connectivity index (χ1n) is 2.33. The highest BCUT2D eigenvalue weighted by Gasteiger charge is 2.44. The van der Waals surface area contributed by atoms with Gasteiger partial charge in [-0.2, -0.15) is 26.3 Å². The first-order valence-corrected chi connectivity index (χ1v) is 2.33. The SMILES string of the molecule is FC(ONC(F)(F)F)C(F)(F)F. The van der Waals surface area contributed by atoms with Gasteiger partial charge in [-0.25, -0.2) is 9.23 Å². The molecule has 74 valence electrons. The van der Waals surface area contributed by atoms with E-state index in [-0.39, 0.29) is 5.48 Å². The number of halogens is 7. The van der Waals surface area contributed by atoms with Crippen LogP contribution in [0.1, 0.15) is 0 Å². The second-order valence-corrected chi connectivity index (χ2v) is 1.58. The summed E-state index contributed by atoms with van der Waals surface area (Å²) in [6, 6.07) is 0. The molecule has 0 heterocycles. The topological polar surface area (TPSA) is 21.3 Å². The zero-order chi connectivity index (χ0) is 9.99. The van der Waals surface area contributed by atoms with Gasteiger partial charge in [0.1, 0.15) is 0 Å². The van der Waals surface area contributed by atoms with Crippen LogP contribution in [0.25, 0.3) is 0 Å². The molecule has 1 atom stereocenters. The molecular formula is C3H2F7NO. The molecule has 12 heavy (non-hydrogen) atoms. The van der Waals surface area contributed by atoms with Crippen molar-refractivity contribution in [3.05, 3.63) is 0 Å². The van der Waals surface area contributed by atoms with Gasteiger partial charge in [0, 0.05) is 0 Å². The largest absolute Gasteiger partial charge is 0.480 e. The summed E-state index contributed by atoms with van der Waals surface area (Å²) in [5.74, 6) is 0. The monoisotopic (exact) mass is 201 g/mol. The van der Waals surface area contributed by atoms with Gasteiger partial charge >= 0.3 is 18.8 Å². The first-order chi connectivity index (χ1) is 5.13. The molecule has 0 aliphatic heterocycles. The summed E-state index contributed by atoms with van der Waals surface area (Å²) < 4.78 is 78.0. The van der Waals surface area contributed by atoms with Crippen LogP contribution in [0.15, 0.2) is 0 Å². The maximum absolute atomic E-state index is 11.5. The zero-order valence-corrected chi connectivity index (χ0v) is 5.13. The lowest BCUT2D eigenvalue weighted by atomic mass is 10.7. The normalized spacial score (nSPS) is 16.2. The van der Waals surface area contributed by atoms with E-state index in [2.05, 4.69) is 4.84 Å². The third-order valence-corrected chi connectivity index (χ3v) is 0.535. The first kappa shape index (κ1) is 11.4. The lowest BCUT2D eigenvalue weighted by Gasteiger charge is -2.14. The Balaban J connectivity index is 3.80. The van der Waals surface area contributed by atoms with Gasteiger partial charge in [-0.3, -0.25) is 0 Å². The van der Waals surface area contributed by atoms with Gasteiger partial charge in [0.05, 0.1) is 0 Å². The summed E-state index contributed by atoms with van der Waals surface area (Å²) >= 11 is 0. The fourth-order valence-electron chi connectivity index (χ4n) is 0.185. The van der Waals surface area contributed by atoms with Crippen LogP contribution in [0.4, 0.5) is 30.7 Å². The van der Waals surface area contributed by atoms with E-state index in [0.717, 1.165) is 0 Å². The quantitative estimate of drug-likeness (QED) is 0.418. The van der Waals surface area contributed by atoms with Gasteiger partial charge in [-0.15, -0.1) is 5.48 Å². The third kappa shape index (κ3) is 5.13. The Bertz CT molecular complexity index is 139. The lowest BCUT2D eigenvalue weighted by molar-refractivity contribution is -0.330. The van der Waals surface area contributed by atoms with E-state index in [1.54, 1.807) is 0 Å². The van der Waals surface area contributed by atoms with E-state index >= 15 is 0 Å². The lowest BCUT2D eigenvalue weighted by Crippen LogP contribution is -2.39. The molecule has 0 aliphatic rings. The Morgan fingerprint density at radius 1 is 1.00 bits per heavy atom. The van der Waals surface area contributed by atoms with Crippen molar-refractivity contribution < 1.29 is 35.6 Å². The van der Waals surface area contributed by atoms with Crippen molar-refractivity contribution >= 4 is 0 Å². The predicted octanol–water partition coefficient (Wildman–Crippen LogP) is 1.89. The van der Waals surface area contributed by atoms with Crippen molar-refractivity contribution in [1.29, 1.82) is 0 Å². The molecule has 0 saturated carbocycles. The van der Waals surface area contributed by atoms with Crippen molar-refractivity contribution in [3.8, 4) is 0 Å². The molecule has 0 spiro atoms. The van der Waals surface area contributed by atoms with Gasteiger partial charge in [0.15, 0.2) is 0 Å². The fraction of sp³-hybridized carbons (Fsp3) is 1.00. The highest BCUT2D eigenvalue weighted by molar-refractivity contribution is 4.52. The summed E-state index contributed by atoms with van der Waals surface area (Å²) in [6.45, 7) is 0. The van der Waals surface area contributed by atoms with Crippen LogP contribution in [-0.4, -0.2) is 18.8 Å². The summed E-state index contributed by atoms with van der Waals surface area (Å²) in [6.07, 6.45) is -14.7. The Morgan fingerprint density at radius 2 is 1.42 bits per heavy atom. The molecule has 0 aromatic rings. The van der Waals surface area contributed by atoms with Crippen LogP contribution in [-0.2, 0) is 4.84 Å². The van der Waals surface area contributed by atoms with Crippen molar-refractivity contribution in [2.45, 2.75) is 18.8 Å². The second-order valence-electron chi connectivity index (χ2n) is 1.58. The van der Waals surface area contributed by atoms with Crippen LogP contribution in [0.5, 0.6) is 0 Å². The van der Waals surface area contributed by atoms with Gasteiger partial charge < -0.3 is 0 Å². The Hall–Kier alpha value is -0.570. The van der Waals surface area contributed by atoms with Gasteiger partial charge in [-0.1, -0.05) is 0 Å². The van der Waals surface area contributed by atoms with Crippen LogP contribution in [0.2, 0.25) is 0 Å². The maximum Gasteiger partial charge on any atom is 0.480 e. The molecule has 0 radical (unpaired) electrons. The minimum absolute atomic E-state index is 0.0668. The minimum Gasteiger partial charge on any atom is -0.247 e. The number of hydrogen-bond donors (Lipinski definition) is 1. The second kappa shape index (κ2) is 3.44.